The molecule has 0 saturated carbocycles. The topological polar surface area (TPSA) is 228 Å². The summed E-state index contributed by atoms with van der Waals surface area (Å²) in [7, 11) is 0. The predicted molar refractivity (Wildman–Crippen MR) is 222 cm³/mol. The highest BCUT2D eigenvalue weighted by molar-refractivity contribution is 5.76. The van der Waals surface area contributed by atoms with Crippen LogP contribution < -0.4 is 5.32 Å². The molecule has 2 aliphatic heterocycles. The Balaban J connectivity index is 1.86. The average molecular weight is 834 g/mol. The fraction of sp³-hybridized carbons (Fsp3) is 0.932. The molecule has 4 unspecified atom stereocenters. The molecule has 1 amide bonds. The van der Waals surface area contributed by atoms with Gasteiger partial charge in [0.2, 0.25) is 5.91 Å². The molecule has 14 heteroatoms. The molecule has 2 fully saturated rings. The van der Waals surface area contributed by atoms with Crippen LogP contribution in [0.1, 0.15) is 168 Å². The minimum Gasteiger partial charge on any atom is -0.394 e. The van der Waals surface area contributed by atoms with Crippen LogP contribution in [0.5, 0.6) is 0 Å². The maximum absolute atomic E-state index is 13.0. The number of amides is 1. The van der Waals surface area contributed by atoms with Gasteiger partial charge in [-0.1, -0.05) is 154 Å². The third-order valence-electron chi connectivity index (χ3n) is 11.5. The normalized spacial score (nSPS) is 28.9. The van der Waals surface area contributed by atoms with Crippen LogP contribution in [0.25, 0.3) is 0 Å². The van der Waals surface area contributed by atoms with Gasteiger partial charge < -0.3 is 65.1 Å². The van der Waals surface area contributed by atoms with Crippen molar-refractivity contribution in [1.82, 2.24) is 5.32 Å². The van der Waals surface area contributed by atoms with Crippen LogP contribution in [0.2, 0.25) is 0 Å². The average Bonchev–Trinajstić information content (AvgIpc) is 3.22. The maximum Gasteiger partial charge on any atom is 0.220 e. The Hall–Kier alpha value is -1.27. The zero-order chi connectivity index (χ0) is 42.5. The number of carbonyl (C=O) groups is 1. The smallest absolute Gasteiger partial charge is 0.220 e. The summed E-state index contributed by atoms with van der Waals surface area (Å²) >= 11 is 0. The number of ether oxygens (including phenoxy) is 4. The minimum absolute atomic E-state index is 0.247. The number of hydrogen-bond acceptors (Lipinski definition) is 13. The van der Waals surface area contributed by atoms with Crippen LogP contribution in [0.3, 0.4) is 0 Å². The Bertz CT molecular complexity index is 1040. The van der Waals surface area contributed by atoms with Gasteiger partial charge in [0.05, 0.1) is 32.0 Å². The van der Waals surface area contributed by atoms with E-state index >= 15 is 0 Å². The van der Waals surface area contributed by atoms with E-state index in [1.807, 2.05) is 6.08 Å². The molecule has 2 aliphatic rings. The molecule has 0 radical (unpaired) electrons. The van der Waals surface area contributed by atoms with Gasteiger partial charge in [-0.15, -0.1) is 0 Å². The molecular formula is C44H83NO13. The van der Waals surface area contributed by atoms with Gasteiger partial charge in [-0.25, -0.2) is 0 Å². The third kappa shape index (κ3) is 20.5. The van der Waals surface area contributed by atoms with Crippen molar-refractivity contribution in [3.05, 3.63) is 12.2 Å². The van der Waals surface area contributed by atoms with Crippen molar-refractivity contribution in [2.24, 2.45) is 0 Å². The molecule has 0 aromatic rings. The second-order valence-electron chi connectivity index (χ2n) is 16.5. The molecule has 58 heavy (non-hydrogen) atoms. The van der Waals surface area contributed by atoms with Crippen molar-refractivity contribution in [2.45, 2.75) is 242 Å². The van der Waals surface area contributed by atoms with Crippen molar-refractivity contribution in [3.63, 3.8) is 0 Å². The molecule has 0 aromatic heterocycles. The number of nitrogens with one attached hydrogen (secondary N) is 1. The first-order valence-corrected chi connectivity index (χ1v) is 22.9. The van der Waals surface area contributed by atoms with Gasteiger partial charge >= 0.3 is 0 Å². The quantitative estimate of drug-likeness (QED) is 0.0324. The first-order chi connectivity index (χ1) is 28.1. The minimum atomic E-state index is -1.78. The van der Waals surface area contributed by atoms with Gasteiger partial charge in [-0.05, 0) is 19.3 Å². The van der Waals surface area contributed by atoms with Crippen LogP contribution >= 0.6 is 0 Å². The van der Waals surface area contributed by atoms with E-state index in [9.17, 15) is 45.6 Å². The van der Waals surface area contributed by atoms with Crippen LogP contribution in [-0.4, -0.2) is 140 Å². The zero-order valence-corrected chi connectivity index (χ0v) is 35.8. The summed E-state index contributed by atoms with van der Waals surface area (Å²) in [5.41, 5.74) is 0. The monoisotopic (exact) mass is 834 g/mol. The van der Waals surface area contributed by atoms with E-state index in [1.54, 1.807) is 6.08 Å². The lowest BCUT2D eigenvalue weighted by atomic mass is 9.97. The Labute approximate surface area is 348 Å². The molecule has 14 nitrogen and oxygen atoms in total. The molecule has 9 N–H and O–H groups in total. The number of unbranched alkanes of at least 4 members (excludes halogenated alkanes) is 21. The number of aliphatic hydroxyl groups excluding tert-OH is 8. The largest absolute Gasteiger partial charge is 0.394 e. The molecule has 2 rings (SSSR count). The lowest BCUT2D eigenvalue weighted by molar-refractivity contribution is -0.359. The van der Waals surface area contributed by atoms with Crippen molar-refractivity contribution in [3.8, 4) is 0 Å². The number of rotatable bonds is 34. The lowest BCUT2D eigenvalue weighted by Gasteiger charge is -2.46. The van der Waals surface area contributed by atoms with E-state index in [0.29, 0.717) is 6.42 Å². The first kappa shape index (κ1) is 52.9. The van der Waals surface area contributed by atoms with Crippen LogP contribution in [0.15, 0.2) is 12.2 Å². The van der Waals surface area contributed by atoms with Crippen molar-refractivity contribution in [2.75, 3.05) is 19.8 Å². The summed E-state index contributed by atoms with van der Waals surface area (Å²) in [4.78, 5) is 13.0. The Morgan fingerprint density at radius 2 is 1.07 bits per heavy atom. The molecule has 2 saturated heterocycles. The van der Waals surface area contributed by atoms with Gasteiger partial charge in [-0.3, -0.25) is 4.79 Å². The number of carbonyl (C=O) groups excluding carboxylic acids is 1. The predicted octanol–water partition coefficient (Wildman–Crippen LogP) is 4.43. The van der Waals surface area contributed by atoms with Crippen molar-refractivity contribution < 1.29 is 64.6 Å². The van der Waals surface area contributed by atoms with Gasteiger partial charge in [0.25, 0.3) is 0 Å². The zero-order valence-electron chi connectivity index (χ0n) is 35.8. The Morgan fingerprint density at radius 1 is 0.603 bits per heavy atom. The second-order valence-corrected chi connectivity index (χ2v) is 16.5. The Kier molecular flexibility index (Phi) is 29.6. The van der Waals surface area contributed by atoms with E-state index in [-0.39, 0.29) is 18.9 Å². The molecule has 0 aromatic carbocycles. The summed E-state index contributed by atoms with van der Waals surface area (Å²) in [6.45, 7) is 2.72. The highest BCUT2D eigenvalue weighted by Gasteiger charge is 2.50. The van der Waals surface area contributed by atoms with Crippen LogP contribution in [-0.2, 0) is 23.7 Å². The van der Waals surface area contributed by atoms with Gasteiger partial charge in [0, 0.05) is 6.42 Å². The van der Waals surface area contributed by atoms with Gasteiger partial charge in [0.1, 0.15) is 48.8 Å². The summed E-state index contributed by atoms with van der Waals surface area (Å²) in [6.07, 6.45) is 14.3. The highest BCUT2D eigenvalue weighted by Crippen LogP contribution is 2.30. The number of allylic oxidation sites excluding steroid dienone is 1. The van der Waals surface area contributed by atoms with Crippen molar-refractivity contribution in [1.29, 1.82) is 0 Å². The molecule has 0 bridgehead atoms. The fourth-order valence-corrected chi connectivity index (χ4v) is 7.64. The van der Waals surface area contributed by atoms with E-state index in [2.05, 4.69) is 19.2 Å². The number of aliphatic hydroxyl groups is 8. The van der Waals surface area contributed by atoms with Crippen LogP contribution in [0.4, 0.5) is 0 Å². The summed E-state index contributed by atoms with van der Waals surface area (Å²) in [5, 5.41) is 86.3. The van der Waals surface area contributed by atoms with Gasteiger partial charge in [-0.2, -0.15) is 0 Å². The SMILES string of the molecule is CCCCCCCCCCCCCCCCC/C=C/[C@@H](O)[C@H](CO[C@@H]1O[C@H](CO)[C@@H](O[C@@H]2O[C@H](CO)[C@H](O)C(O)C2O)C(O)C1O)NC(=O)CCCCCCCCC. The van der Waals surface area contributed by atoms with E-state index in [1.165, 1.54) is 103 Å². The Morgan fingerprint density at radius 3 is 1.59 bits per heavy atom. The summed E-state index contributed by atoms with van der Waals surface area (Å²) < 4.78 is 22.6. The van der Waals surface area contributed by atoms with Gasteiger partial charge in [0.15, 0.2) is 12.6 Å². The van der Waals surface area contributed by atoms with E-state index in [4.69, 9.17) is 18.9 Å². The summed E-state index contributed by atoms with van der Waals surface area (Å²) in [5.74, 6) is -0.247. The second kappa shape index (κ2) is 32.4. The fourth-order valence-electron chi connectivity index (χ4n) is 7.64. The molecule has 342 valence electrons. The third-order valence-corrected chi connectivity index (χ3v) is 11.5. The highest BCUT2D eigenvalue weighted by atomic mass is 16.7. The van der Waals surface area contributed by atoms with E-state index in [0.717, 1.165) is 38.5 Å². The van der Waals surface area contributed by atoms with Crippen molar-refractivity contribution >= 4 is 5.91 Å². The molecular weight excluding hydrogens is 750 g/mol. The van der Waals surface area contributed by atoms with E-state index < -0.39 is 86.8 Å². The lowest BCUT2D eigenvalue weighted by Crippen LogP contribution is -2.65. The van der Waals surface area contributed by atoms with Crippen LogP contribution in [0, 0.1) is 0 Å². The standard InChI is InChI=1S/C44H83NO13/c1-3-5-7-9-11-12-13-14-15-16-17-18-19-20-22-23-25-27-33(48)32(45-36(49)28-26-24-21-10-8-6-4-2)31-55-43-41(54)39(52)42(35(30-47)57-43)58-44-40(53)38(51)37(50)34(29-46)56-44/h25,27,32-35,37-44,46-48,50-54H,3-24,26,28-31H2,1-2H3,(H,45,49)/b27-25+/t32-,33+,34+,35+,37-,38?,39?,40?,41?,42+,43+,44-/m0/s1. The first-order valence-electron chi connectivity index (χ1n) is 22.9. The maximum atomic E-state index is 13.0. The summed E-state index contributed by atoms with van der Waals surface area (Å²) in [6, 6.07) is -0.905. The molecule has 2 heterocycles. The molecule has 0 aliphatic carbocycles. The number of hydrogen-bond donors (Lipinski definition) is 9. The molecule has 12 atom stereocenters. The molecule has 0 spiro atoms.